The van der Waals surface area contributed by atoms with Gasteiger partial charge in [0.1, 0.15) is 5.75 Å². The van der Waals surface area contributed by atoms with Gasteiger partial charge in [-0.2, -0.15) is 0 Å². The van der Waals surface area contributed by atoms with Gasteiger partial charge < -0.3 is 15.6 Å². The van der Waals surface area contributed by atoms with E-state index in [1.54, 1.807) is 0 Å². The summed E-state index contributed by atoms with van der Waals surface area (Å²) in [5.41, 5.74) is 6.06. The molecule has 3 heteroatoms. The molecule has 1 rings (SSSR count). The highest BCUT2D eigenvalue weighted by molar-refractivity contribution is 5.33. The average Bonchev–Trinajstić information content (AvgIpc) is 2.43. The Bertz CT molecular complexity index is 348. The van der Waals surface area contributed by atoms with Gasteiger partial charge in [0.2, 0.25) is 0 Å². The van der Waals surface area contributed by atoms with E-state index in [1.165, 1.54) is 5.56 Å². The van der Waals surface area contributed by atoms with Crippen molar-refractivity contribution >= 4 is 0 Å². The first-order chi connectivity index (χ1) is 8.65. The third-order valence-corrected chi connectivity index (χ3v) is 3.44. The first kappa shape index (κ1) is 15.0. The van der Waals surface area contributed by atoms with Crippen LogP contribution in [0.25, 0.3) is 0 Å². The number of hydrogen-bond donors (Lipinski definition) is 2. The van der Waals surface area contributed by atoms with Gasteiger partial charge in [0.25, 0.3) is 0 Å². The van der Waals surface area contributed by atoms with Gasteiger partial charge in [0.05, 0.1) is 12.2 Å². The molecule has 102 valence electrons. The fourth-order valence-corrected chi connectivity index (χ4v) is 1.94. The van der Waals surface area contributed by atoms with Crippen molar-refractivity contribution in [1.29, 1.82) is 0 Å². The maximum atomic E-state index is 10.0. The molecule has 0 bridgehead atoms. The Morgan fingerprint density at radius 3 is 2.61 bits per heavy atom. The molecule has 0 aromatic heterocycles. The summed E-state index contributed by atoms with van der Waals surface area (Å²) in [7, 11) is 0. The summed E-state index contributed by atoms with van der Waals surface area (Å²) < 4.78 is 5.76. The van der Waals surface area contributed by atoms with E-state index in [-0.39, 0.29) is 0 Å². The molecular formula is C15H25NO2. The monoisotopic (exact) mass is 251 g/mol. The van der Waals surface area contributed by atoms with Crippen molar-refractivity contribution in [3.63, 3.8) is 0 Å². The van der Waals surface area contributed by atoms with Crippen LogP contribution < -0.4 is 10.5 Å². The third-order valence-electron chi connectivity index (χ3n) is 3.44. The number of aryl methyl sites for hydroxylation is 1. The van der Waals surface area contributed by atoms with Gasteiger partial charge in [-0.1, -0.05) is 32.0 Å². The Morgan fingerprint density at radius 2 is 2.00 bits per heavy atom. The van der Waals surface area contributed by atoms with Gasteiger partial charge in [-0.25, -0.2) is 0 Å². The number of aliphatic hydroxyl groups is 1. The predicted octanol–water partition coefficient (Wildman–Crippen LogP) is 2.51. The Hall–Kier alpha value is -1.06. The molecule has 0 amide bonds. The van der Waals surface area contributed by atoms with Gasteiger partial charge >= 0.3 is 0 Å². The Labute approximate surface area is 110 Å². The smallest absolute Gasteiger partial charge is 0.122 e. The summed E-state index contributed by atoms with van der Waals surface area (Å²) in [5, 5.41) is 10.0. The summed E-state index contributed by atoms with van der Waals surface area (Å²) in [6, 6.07) is 8.08. The van der Waals surface area contributed by atoms with Gasteiger partial charge in [-0.05, 0) is 37.3 Å². The molecule has 0 spiro atoms. The summed E-state index contributed by atoms with van der Waals surface area (Å²) in [5.74, 6) is 0.952. The zero-order valence-corrected chi connectivity index (χ0v) is 11.5. The Kier molecular flexibility index (Phi) is 6.16. The molecule has 1 aromatic carbocycles. The molecule has 0 aliphatic carbocycles. The number of rotatable bonds is 8. The molecule has 0 saturated heterocycles. The molecule has 1 atom stereocenters. The van der Waals surface area contributed by atoms with Crippen molar-refractivity contribution in [3.8, 4) is 5.75 Å². The van der Waals surface area contributed by atoms with Crippen LogP contribution in [0, 0.1) is 0 Å². The molecule has 0 aliphatic heterocycles. The lowest BCUT2D eigenvalue weighted by Crippen LogP contribution is -2.37. The average molecular weight is 251 g/mol. The second-order valence-corrected chi connectivity index (χ2v) is 4.70. The lowest BCUT2D eigenvalue weighted by Gasteiger charge is -2.24. The molecule has 0 radical (unpaired) electrons. The zero-order chi connectivity index (χ0) is 13.4. The molecular weight excluding hydrogens is 226 g/mol. The highest BCUT2D eigenvalue weighted by atomic mass is 16.5. The summed E-state index contributed by atoms with van der Waals surface area (Å²) in [6.07, 6.45) is 3.17. The first-order valence-electron chi connectivity index (χ1n) is 6.78. The largest absolute Gasteiger partial charge is 0.493 e. The van der Waals surface area contributed by atoms with Crippen molar-refractivity contribution in [2.45, 2.75) is 45.1 Å². The van der Waals surface area contributed by atoms with Crippen LogP contribution in [-0.2, 0) is 6.42 Å². The number of nitrogens with two attached hydrogens (primary N) is 1. The topological polar surface area (TPSA) is 55.5 Å². The quantitative estimate of drug-likeness (QED) is 0.698. The minimum Gasteiger partial charge on any atom is -0.493 e. The Balaban J connectivity index is 2.38. The van der Waals surface area contributed by atoms with Crippen LogP contribution in [-0.4, -0.2) is 23.9 Å². The fourth-order valence-electron chi connectivity index (χ4n) is 1.94. The van der Waals surface area contributed by atoms with Crippen LogP contribution in [0.15, 0.2) is 24.3 Å². The molecule has 0 saturated carbocycles. The second kappa shape index (κ2) is 7.39. The molecule has 0 heterocycles. The molecule has 3 N–H and O–H groups in total. The van der Waals surface area contributed by atoms with Crippen LogP contribution in [0.4, 0.5) is 0 Å². The molecule has 1 aromatic rings. The van der Waals surface area contributed by atoms with E-state index in [0.29, 0.717) is 26.0 Å². The van der Waals surface area contributed by atoms with Crippen molar-refractivity contribution in [1.82, 2.24) is 0 Å². The molecule has 18 heavy (non-hydrogen) atoms. The lowest BCUT2D eigenvalue weighted by molar-refractivity contribution is 0.0308. The van der Waals surface area contributed by atoms with E-state index >= 15 is 0 Å². The van der Waals surface area contributed by atoms with Crippen molar-refractivity contribution in [2.75, 3.05) is 13.2 Å². The standard InChI is InChI=1S/C15H25NO2/c1-3-13-8-5-6-9-14(13)18-11-7-10-15(17,4-2)12-16/h5-6,8-9,17H,3-4,7,10-12,16H2,1-2H3. The van der Waals surface area contributed by atoms with Crippen LogP contribution in [0.2, 0.25) is 0 Å². The number of ether oxygens (including phenoxy) is 1. The van der Waals surface area contributed by atoms with E-state index in [9.17, 15) is 5.11 Å². The maximum Gasteiger partial charge on any atom is 0.122 e. The minimum atomic E-state index is -0.729. The van der Waals surface area contributed by atoms with E-state index in [2.05, 4.69) is 13.0 Å². The highest BCUT2D eigenvalue weighted by Crippen LogP contribution is 2.20. The molecule has 0 aliphatic rings. The summed E-state index contributed by atoms with van der Waals surface area (Å²) in [6.45, 7) is 5.01. The van der Waals surface area contributed by atoms with Gasteiger partial charge in [-0.3, -0.25) is 0 Å². The van der Waals surface area contributed by atoms with Crippen LogP contribution >= 0.6 is 0 Å². The zero-order valence-electron chi connectivity index (χ0n) is 11.5. The SMILES string of the molecule is CCc1ccccc1OCCCC(O)(CC)CN. The van der Waals surface area contributed by atoms with E-state index < -0.39 is 5.60 Å². The maximum absolute atomic E-state index is 10.0. The number of benzene rings is 1. The normalized spacial score (nSPS) is 14.2. The first-order valence-corrected chi connectivity index (χ1v) is 6.78. The van der Waals surface area contributed by atoms with Crippen LogP contribution in [0.1, 0.15) is 38.7 Å². The second-order valence-electron chi connectivity index (χ2n) is 4.70. The van der Waals surface area contributed by atoms with E-state index in [4.69, 9.17) is 10.5 Å². The van der Waals surface area contributed by atoms with E-state index in [1.807, 2.05) is 25.1 Å². The van der Waals surface area contributed by atoms with Crippen molar-refractivity contribution < 1.29 is 9.84 Å². The summed E-state index contributed by atoms with van der Waals surface area (Å²) >= 11 is 0. The molecule has 3 nitrogen and oxygen atoms in total. The predicted molar refractivity (Wildman–Crippen MR) is 74.8 cm³/mol. The minimum absolute atomic E-state index is 0.315. The fraction of sp³-hybridized carbons (Fsp3) is 0.600. The lowest BCUT2D eigenvalue weighted by atomic mass is 9.95. The summed E-state index contributed by atoms with van der Waals surface area (Å²) in [4.78, 5) is 0. The van der Waals surface area contributed by atoms with Gasteiger partial charge in [-0.15, -0.1) is 0 Å². The molecule has 0 fully saturated rings. The number of para-hydroxylation sites is 1. The number of hydrogen-bond acceptors (Lipinski definition) is 3. The van der Waals surface area contributed by atoms with Gasteiger partial charge in [0, 0.05) is 6.54 Å². The Morgan fingerprint density at radius 1 is 1.28 bits per heavy atom. The highest BCUT2D eigenvalue weighted by Gasteiger charge is 2.21. The molecule has 1 unspecified atom stereocenters. The van der Waals surface area contributed by atoms with Crippen LogP contribution in [0.3, 0.4) is 0 Å². The van der Waals surface area contributed by atoms with Crippen molar-refractivity contribution in [2.24, 2.45) is 5.73 Å². The van der Waals surface area contributed by atoms with Crippen molar-refractivity contribution in [3.05, 3.63) is 29.8 Å². The third kappa shape index (κ3) is 4.31. The van der Waals surface area contributed by atoms with Gasteiger partial charge in [0.15, 0.2) is 0 Å². The van der Waals surface area contributed by atoms with E-state index in [0.717, 1.165) is 18.6 Å². The van der Waals surface area contributed by atoms with Crippen LogP contribution in [0.5, 0.6) is 5.75 Å².